The van der Waals surface area contributed by atoms with Gasteiger partial charge in [-0.25, -0.2) is 8.42 Å². The van der Waals surface area contributed by atoms with Gasteiger partial charge in [-0.2, -0.15) is 13.2 Å². The summed E-state index contributed by atoms with van der Waals surface area (Å²) < 4.78 is 60.1. The largest absolute Gasteiger partial charge is 0.471 e. The highest BCUT2D eigenvalue weighted by atomic mass is 32.2. The molecule has 0 spiro atoms. The smallest absolute Gasteiger partial charge is 0.316 e. The molecule has 0 atom stereocenters. The number of rotatable bonds is 2. The van der Waals surface area contributed by atoms with Gasteiger partial charge in [-0.15, -0.1) is 0 Å². The molecule has 0 fully saturated rings. The molecule has 0 saturated carbocycles. The molecular formula is C12H9F3N2O3S. The summed E-state index contributed by atoms with van der Waals surface area (Å²) in [6.07, 6.45) is -2.78. The Morgan fingerprint density at radius 2 is 1.90 bits per heavy atom. The minimum Gasteiger partial charge on any atom is -0.316 e. The quantitative estimate of drug-likeness (QED) is 0.920. The number of hydrogen-bond acceptors (Lipinski definition) is 4. The predicted molar refractivity (Wildman–Crippen MR) is 69.5 cm³/mol. The number of alkyl halides is 3. The molecule has 0 radical (unpaired) electrons. The number of aromatic nitrogens is 1. The molecule has 2 aromatic rings. The molecule has 5 nitrogen and oxygen atoms in total. The van der Waals surface area contributed by atoms with Gasteiger partial charge in [0.25, 0.3) is 0 Å². The maximum atomic E-state index is 12.3. The van der Waals surface area contributed by atoms with Crippen LogP contribution in [-0.2, 0) is 14.6 Å². The summed E-state index contributed by atoms with van der Waals surface area (Å²) in [5.41, 5.74) is -0.238. The van der Waals surface area contributed by atoms with Gasteiger partial charge >= 0.3 is 12.1 Å². The van der Waals surface area contributed by atoms with Crippen molar-refractivity contribution in [2.75, 3.05) is 11.6 Å². The number of pyridine rings is 1. The lowest BCUT2D eigenvalue weighted by Crippen LogP contribution is -2.30. The van der Waals surface area contributed by atoms with Crippen molar-refractivity contribution in [3.8, 4) is 0 Å². The zero-order valence-electron chi connectivity index (χ0n) is 10.6. The Morgan fingerprint density at radius 3 is 2.48 bits per heavy atom. The molecule has 1 aromatic carbocycles. The Labute approximate surface area is 117 Å². The van der Waals surface area contributed by atoms with Crippen molar-refractivity contribution in [3.05, 3.63) is 30.5 Å². The molecule has 9 heteroatoms. The molecule has 1 N–H and O–H groups in total. The molecule has 0 bridgehead atoms. The average Bonchev–Trinajstić information content (AvgIpc) is 2.36. The summed E-state index contributed by atoms with van der Waals surface area (Å²) in [5.74, 6) is -2.15. The number of benzene rings is 1. The van der Waals surface area contributed by atoms with Crippen molar-refractivity contribution in [2.45, 2.75) is 11.1 Å². The predicted octanol–water partition coefficient (Wildman–Crippen LogP) is 2.14. The van der Waals surface area contributed by atoms with Crippen LogP contribution in [0.4, 0.5) is 18.9 Å². The summed E-state index contributed by atoms with van der Waals surface area (Å²) in [6.45, 7) is 0. The summed E-state index contributed by atoms with van der Waals surface area (Å²) in [6, 6.07) is 5.06. The lowest BCUT2D eigenvalue weighted by Gasteiger charge is -2.11. The standard InChI is InChI=1S/C12H9F3N2O3S/c1-21(19,20)9-5-4-8(17-11(18)12(13,14)15)10-7(9)3-2-6-16-10/h2-6H,1H3,(H,17,18). The third kappa shape index (κ3) is 3.13. The Bertz CT molecular complexity index is 816. The van der Waals surface area contributed by atoms with Crippen molar-refractivity contribution in [1.29, 1.82) is 0 Å². The first kappa shape index (κ1) is 15.2. The minimum atomic E-state index is -5.05. The summed E-state index contributed by atoms with van der Waals surface area (Å²) in [4.78, 5) is 14.7. The van der Waals surface area contributed by atoms with Crippen LogP contribution < -0.4 is 5.32 Å². The van der Waals surface area contributed by atoms with E-state index in [9.17, 15) is 26.4 Å². The lowest BCUT2D eigenvalue weighted by atomic mass is 10.2. The van der Waals surface area contributed by atoms with Gasteiger partial charge in [0.15, 0.2) is 9.84 Å². The van der Waals surface area contributed by atoms with Crippen LogP contribution in [0.2, 0.25) is 0 Å². The first-order chi connectivity index (χ1) is 9.60. The van der Waals surface area contributed by atoms with Crippen molar-refractivity contribution >= 4 is 32.3 Å². The van der Waals surface area contributed by atoms with Gasteiger partial charge in [-0.1, -0.05) is 0 Å². The van der Waals surface area contributed by atoms with Crippen LogP contribution >= 0.6 is 0 Å². The monoisotopic (exact) mass is 318 g/mol. The van der Waals surface area contributed by atoms with Gasteiger partial charge in [-0.3, -0.25) is 9.78 Å². The maximum absolute atomic E-state index is 12.3. The molecule has 0 aliphatic heterocycles. The minimum absolute atomic E-state index is 0.0296. The van der Waals surface area contributed by atoms with E-state index in [4.69, 9.17) is 0 Å². The van der Waals surface area contributed by atoms with E-state index in [2.05, 4.69) is 4.98 Å². The zero-order valence-corrected chi connectivity index (χ0v) is 11.4. The third-order valence-electron chi connectivity index (χ3n) is 2.63. The fourth-order valence-corrected chi connectivity index (χ4v) is 2.64. The second-order valence-electron chi connectivity index (χ2n) is 4.23. The van der Waals surface area contributed by atoms with Crippen molar-refractivity contribution < 1.29 is 26.4 Å². The van der Waals surface area contributed by atoms with Crippen LogP contribution in [-0.4, -0.2) is 31.7 Å². The second-order valence-corrected chi connectivity index (χ2v) is 6.22. The number of carbonyl (C=O) groups is 1. The molecule has 1 amide bonds. The maximum Gasteiger partial charge on any atom is 0.471 e. The van der Waals surface area contributed by atoms with E-state index < -0.39 is 21.9 Å². The second kappa shape index (κ2) is 4.99. The lowest BCUT2D eigenvalue weighted by molar-refractivity contribution is -0.167. The summed E-state index contributed by atoms with van der Waals surface area (Å²) in [7, 11) is -3.58. The van der Waals surface area contributed by atoms with Crippen LogP contribution in [0.3, 0.4) is 0 Å². The number of hydrogen-bond donors (Lipinski definition) is 1. The molecular weight excluding hydrogens is 309 g/mol. The SMILES string of the molecule is CS(=O)(=O)c1ccc(NC(=O)C(F)(F)F)c2ncccc12. The molecule has 1 aromatic heterocycles. The van der Waals surface area contributed by atoms with Gasteiger partial charge < -0.3 is 5.32 Å². The first-order valence-electron chi connectivity index (χ1n) is 5.56. The molecule has 0 aliphatic rings. The van der Waals surface area contributed by atoms with Crippen LogP contribution in [0.1, 0.15) is 0 Å². The van der Waals surface area contributed by atoms with Gasteiger partial charge in [-0.05, 0) is 24.3 Å². The molecule has 2 rings (SSSR count). The topological polar surface area (TPSA) is 76.1 Å². The number of sulfone groups is 1. The van der Waals surface area contributed by atoms with Crippen LogP contribution in [0.25, 0.3) is 10.9 Å². The first-order valence-corrected chi connectivity index (χ1v) is 7.46. The number of anilines is 1. The summed E-state index contributed by atoms with van der Waals surface area (Å²) in [5, 5.41) is 1.82. The van der Waals surface area contributed by atoms with Crippen LogP contribution in [0.5, 0.6) is 0 Å². The molecule has 112 valence electrons. The van der Waals surface area contributed by atoms with Gasteiger partial charge in [0, 0.05) is 17.8 Å². The van der Waals surface area contributed by atoms with Crippen molar-refractivity contribution in [2.24, 2.45) is 0 Å². The van der Waals surface area contributed by atoms with E-state index in [1.165, 1.54) is 18.3 Å². The molecule has 1 heterocycles. The highest BCUT2D eigenvalue weighted by Crippen LogP contribution is 2.29. The molecule has 0 saturated heterocycles. The van der Waals surface area contributed by atoms with Gasteiger partial charge in [0.1, 0.15) is 0 Å². The van der Waals surface area contributed by atoms with E-state index in [0.29, 0.717) is 0 Å². The number of carbonyl (C=O) groups excluding carboxylic acids is 1. The fourth-order valence-electron chi connectivity index (χ4n) is 1.76. The highest BCUT2D eigenvalue weighted by Gasteiger charge is 2.39. The number of halogens is 3. The Morgan fingerprint density at radius 1 is 1.24 bits per heavy atom. The van der Waals surface area contributed by atoms with E-state index in [0.717, 1.165) is 18.4 Å². The van der Waals surface area contributed by atoms with E-state index in [-0.39, 0.29) is 21.5 Å². The molecule has 0 unspecified atom stereocenters. The Hall–Kier alpha value is -2.16. The number of amides is 1. The number of fused-ring (bicyclic) bond motifs is 1. The summed E-state index contributed by atoms with van der Waals surface area (Å²) >= 11 is 0. The normalized spacial score (nSPS) is 12.4. The van der Waals surface area contributed by atoms with Crippen molar-refractivity contribution in [1.82, 2.24) is 4.98 Å². The highest BCUT2D eigenvalue weighted by molar-refractivity contribution is 7.91. The Kier molecular flexibility index (Phi) is 3.62. The van der Waals surface area contributed by atoms with E-state index in [1.807, 2.05) is 0 Å². The number of nitrogens with one attached hydrogen (secondary N) is 1. The van der Waals surface area contributed by atoms with E-state index in [1.54, 1.807) is 5.32 Å². The van der Waals surface area contributed by atoms with Gasteiger partial charge in [0.2, 0.25) is 0 Å². The average molecular weight is 318 g/mol. The zero-order chi connectivity index (χ0) is 15.8. The molecule has 21 heavy (non-hydrogen) atoms. The third-order valence-corrected chi connectivity index (χ3v) is 3.79. The molecule has 0 aliphatic carbocycles. The van der Waals surface area contributed by atoms with Gasteiger partial charge in [0.05, 0.1) is 16.1 Å². The fraction of sp³-hybridized carbons (Fsp3) is 0.167. The van der Waals surface area contributed by atoms with Crippen molar-refractivity contribution in [3.63, 3.8) is 0 Å². The Balaban J connectivity index is 2.62. The number of nitrogens with zero attached hydrogens (tertiary/aromatic N) is 1. The van der Waals surface area contributed by atoms with Crippen LogP contribution in [0.15, 0.2) is 35.4 Å². The van der Waals surface area contributed by atoms with E-state index >= 15 is 0 Å². The van der Waals surface area contributed by atoms with Crippen LogP contribution in [0, 0.1) is 0 Å².